The summed E-state index contributed by atoms with van der Waals surface area (Å²) in [7, 11) is 1.85. The van der Waals surface area contributed by atoms with E-state index in [0.29, 0.717) is 18.4 Å². The molecule has 2 aliphatic rings. The zero-order chi connectivity index (χ0) is 15.1. The molecule has 2 fully saturated rings. The first-order valence-corrected chi connectivity index (χ1v) is 8.40. The van der Waals surface area contributed by atoms with Crippen molar-refractivity contribution in [3.63, 3.8) is 0 Å². The molecule has 0 aromatic rings. The van der Waals surface area contributed by atoms with Crippen molar-refractivity contribution in [1.82, 2.24) is 15.5 Å². The summed E-state index contributed by atoms with van der Waals surface area (Å²) in [6.45, 7) is 2.08. The Morgan fingerprint density at radius 2 is 1.73 bits per heavy atom. The van der Waals surface area contributed by atoms with Gasteiger partial charge in [0.2, 0.25) is 11.8 Å². The molecule has 1 saturated heterocycles. The Labute approximate surface area is 140 Å². The van der Waals surface area contributed by atoms with Crippen LogP contribution in [0.3, 0.4) is 0 Å². The van der Waals surface area contributed by atoms with Crippen LogP contribution in [0.2, 0.25) is 0 Å². The summed E-state index contributed by atoms with van der Waals surface area (Å²) in [6, 6.07) is 0.314. The maximum Gasteiger partial charge on any atom is 0.241 e. The molecular formula is C16H30ClN3O2. The molecular weight excluding hydrogens is 302 g/mol. The molecule has 0 spiro atoms. The second kappa shape index (κ2) is 10.1. The third-order valence-electron chi connectivity index (χ3n) is 4.89. The average Bonchev–Trinajstić information content (AvgIpc) is 2.53. The molecule has 128 valence electrons. The van der Waals surface area contributed by atoms with E-state index in [4.69, 9.17) is 0 Å². The Bertz CT molecular complexity index is 353. The van der Waals surface area contributed by atoms with Crippen molar-refractivity contribution in [3.05, 3.63) is 0 Å². The van der Waals surface area contributed by atoms with Gasteiger partial charge in [0.1, 0.15) is 0 Å². The molecule has 2 rings (SSSR count). The third-order valence-corrected chi connectivity index (χ3v) is 4.89. The average molecular weight is 332 g/mol. The van der Waals surface area contributed by atoms with Crippen molar-refractivity contribution in [2.75, 3.05) is 26.7 Å². The number of hydrogen-bond donors (Lipinski definition) is 2. The van der Waals surface area contributed by atoms with Crippen LogP contribution in [0.5, 0.6) is 0 Å². The smallest absolute Gasteiger partial charge is 0.241 e. The van der Waals surface area contributed by atoms with Gasteiger partial charge < -0.3 is 15.5 Å². The maximum atomic E-state index is 12.1. The molecule has 0 unspecified atom stereocenters. The molecule has 6 heteroatoms. The van der Waals surface area contributed by atoms with Crippen LogP contribution in [0.15, 0.2) is 0 Å². The van der Waals surface area contributed by atoms with Crippen molar-refractivity contribution in [2.45, 2.75) is 57.4 Å². The fourth-order valence-electron chi connectivity index (χ4n) is 3.42. The largest absolute Gasteiger partial charge is 0.347 e. The van der Waals surface area contributed by atoms with E-state index in [2.05, 4.69) is 10.6 Å². The summed E-state index contributed by atoms with van der Waals surface area (Å²) in [5, 5.41) is 6.10. The summed E-state index contributed by atoms with van der Waals surface area (Å²) in [5.41, 5.74) is 0. The Morgan fingerprint density at radius 1 is 1.09 bits per heavy atom. The molecule has 2 amide bonds. The highest BCUT2D eigenvalue weighted by Crippen LogP contribution is 2.25. The Hall–Kier alpha value is -0.810. The number of rotatable bonds is 5. The quantitative estimate of drug-likeness (QED) is 0.806. The topological polar surface area (TPSA) is 61.4 Å². The molecule has 1 heterocycles. The first-order chi connectivity index (χ1) is 10.2. The molecule has 0 bridgehead atoms. The number of halogens is 1. The number of nitrogens with zero attached hydrogens (tertiary/aromatic N) is 1. The second-order valence-electron chi connectivity index (χ2n) is 6.47. The molecule has 1 aliphatic carbocycles. The van der Waals surface area contributed by atoms with Gasteiger partial charge in [-0.2, -0.15) is 0 Å². The monoisotopic (exact) mass is 331 g/mol. The molecule has 22 heavy (non-hydrogen) atoms. The van der Waals surface area contributed by atoms with Crippen molar-refractivity contribution in [1.29, 1.82) is 0 Å². The first kappa shape index (κ1) is 19.2. The molecule has 5 nitrogen and oxygen atoms in total. The van der Waals surface area contributed by atoms with E-state index >= 15 is 0 Å². The normalized spacial score (nSPS) is 20.0. The Balaban J connectivity index is 0.00000242. The van der Waals surface area contributed by atoms with Crippen LogP contribution >= 0.6 is 12.4 Å². The lowest BCUT2D eigenvalue weighted by atomic mass is 9.87. The van der Waals surface area contributed by atoms with Gasteiger partial charge in [-0.15, -0.1) is 12.4 Å². The minimum Gasteiger partial charge on any atom is -0.347 e. The summed E-state index contributed by atoms with van der Waals surface area (Å²) in [4.78, 5) is 25.9. The van der Waals surface area contributed by atoms with Gasteiger partial charge in [-0.25, -0.2) is 0 Å². The SMILES string of the molecule is CN(C(=O)CNC(=O)CC1CCCCC1)C1CCNCC1.Cl. The third kappa shape index (κ3) is 6.13. The maximum absolute atomic E-state index is 12.1. The molecule has 0 radical (unpaired) electrons. The Morgan fingerprint density at radius 3 is 2.36 bits per heavy atom. The highest BCUT2D eigenvalue weighted by molar-refractivity contribution is 5.85. The van der Waals surface area contributed by atoms with Gasteiger partial charge >= 0.3 is 0 Å². The molecule has 0 aromatic carbocycles. The van der Waals surface area contributed by atoms with Crippen molar-refractivity contribution < 1.29 is 9.59 Å². The fourth-order valence-corrected chi connectivity index (χ4v) is 3.42. The number of amides is 2. The standard InChI is InChI=1S/C16H29N3O2.ClH/c1-19(14-7-9-17-10-8-14)16(21)12-18-15(20)11-13-5-3-2-4-6-13;/h13-14,17H,2-12H2,1H3,(H,18,20);1H. The van der Waals surface area contributed by atoms with E-state index < -0.39 is 0 Å². The van der Waals surface area contributed by atoms with Crippen LogP contribution in [0.25, 0.3) is 0 Å². The number of likely N-dealkylation sites (N-methyl/N-ethyl adjacent to an activating group) is 1. The number of carbonyl (C=O) groups is 2. The highest BCUT2D eigenvalue weighted by Gasteiger charge is 2.22. The van der Waals surface area contributed by atoms with Gasteiger partial charge in [0.25, 0.3) is 0 Å². The summed E-state index contributed by atoms with van der Waals surface area (Å²) in [5.74, 6) is 0.587. The van der Waals surface area contributed by atoms with Gasteiger partial charge in [-0.05, 0) is 44.7 Å². The summed E-state index contributed by atoms with van der Waals surface area (Å²) < 4.78 is 0. The number of carbonyl (C=O) groups excluding carboxylic acids is 2. The first-order valence-electron chi connectivity index (χ1n) is 8.40. The van der Waals surface area contributed by atoms with Gasteiger partial charge in [0.15, 0.2) is 0 Å². The van der Waals surface area contributed by atoms with Crippen LogP contribution in [-0.4, -0.2) is 49.4 Å². The number of piperidine rings is 1. The highest BCUT2D eigenvalue weighted by atomic mass is 35.5. The van der Waals surface area contributed by atoms with E-state index in [1.54, 1.807) is 0 Å². The van der Waals surface area contributed by atoms with Crippen LogP contribution in [0, 0.1) is 5.92 Å². The number of hydrogen-bond acceptors (Lipinski definition) is 3. The van der Waals surface area contributed by atoms with E-state index in [0.717, 1.165) is 38.8 Å². The minimum absolute atomic E-state index is 0. The summed E-state index contributed by atoms with van der Waals surface area (Å²) >= 11 is 0. The molecule has 0 atom stereocenters. The lowest BCUT2D eigenvalue weighted by Gasteiger charge is -2.31. The molecule has 0 aromatic heterocycles. The van der Waals surface area contributed by atoms with E-state index in [9.17, 15) is 9.59 Å². The van der Waals surface area contributed by atoms with Crippen molar-refractivity contribution in [3.8, 4) is 0 Å². The van der Waals surface area contributed by atoms with Gasteiger partial charge in [-0.1, -0.05) is 19.3 Å². The molecule has 2 N–H and O–H groups in total. The van der Waals surface area contributed by atoms with Crippen LogP contribution < -0.4 is 10.6 Å². The lowest BCUT2D eigenvalue weighted by molar-refractivity contribution is -0.134. The minimum atomic E-state index is 0. The van der Waals surface area contributed by atoms with Crippen LogP contribution in [0.4, 0.5) is 0 Å². The van der Waals surface area contributed by atoms with Crippen LogP contribution in [0.1, 0.15) is 51.4 Å². The fraction of sp³-hybridized carbons (Fsp3) is 0.875. The van der Waals surface area contributed by atoms with Gasteiger partial charge in [0, 0.05) is 19.5 Å². The van der Waals surface area contributed by atoms with Crippen LogP contribution in [-0.2, 0) is 9.59 Å². The zero-order valence-electron chi connectivity index (χ0n) is 13.6. The molecule has 1 aliphatic heterocycles. The summed E-state index contributed by atoms with van der Waals surface area (Å²) in [6.07, 6.45) is 8.70. The van der Waals surface area contributed by atoms with E-state index in [-0.39, 0.29) is 30.8 Å². The van der Waals surface area contributed by atoms with Crippen molar-refractivity contribution >= 4 is 24.2 Å². The van der Waals surface area contributed by atoms with E-state index in [1.807, 2.05) is 11.9 Å². The molecule has 1 saturated carbocycles. The van der Waals surface area contributed by atoms with E-state index in [1.165, 1.54) is 19.3 Å². The second-order valence-corrected chi connectivity index (χ2v) is 6.47. The Kier molecular flexibility index (Phi) is 8.79. The predicted molar refractivity (Wildman–Crippen MR) is 90.1 cm³/mol. The van der Waals surface area contributed by atoms with Gasteiger partial charge in [-0.3, -0.25) is 9.59 Å². The lowest BCUT2D eigenvalue weighted by Crippen LogP contribution is -2.47. The van der Waals surface area contributed by atoms with Crippen molar-refractivity contribution in [2.24, 2.45) is 5.92 Å². The number of nitrogens with one attached hydrogen (secondary N) is 2. The zero-order valence-corrected chi connectivity index (χ0v) is 14.4. The van der Waals surface area contributed by atoms with Gasteiger partial charge in [0.05, 0.1) is 6.54 Å². The predicted octanol–water partition coefficient (Wildman–Crippen LogP) is 1.71.